The number of nitrogens with one attached hydrogen (secondary N) is 2. The lowest BCUT2D eigenvalue weighted by atomic mass is 9.78. The normalized spacial score (nSPS) is 23.4. The predicted octanol–water partition coefficient (Wildman–Crippen LogP) is 2.97. The third-order valence-electron chi connectivity index (χ3n) is 6.46. The zero-order chi connectivity index (χ0) is 20.6. The predicted molar refractivity (Wildman–Crippen MR) is 114 cm³/mol. The molecular formula is C21H28N4O3S. The van der Waals surface area contributed by atoms with Crippen LogP contribution in [-0.2, 0) is 4.79 Å². The fourth-order valence-corrected chi connectivity index (χ4v) is 5.37. The maximum Gasteiger partial charge on any atom is 0.321 e. The molecule has 1 aromatic carbocycles. The fourth-order valence-electron chi connectivity index (χ4n) is 4.60. The Balaban J connectivity index is 1.30. The third kappa shape index (κ3) is 4.22. The molecule has 1 spiro atoms. The number of urea groups is 1. The molecule has 7 nitrogen and oxygen atoms in total. The molecule has 2 N–H and O–H groups in total. The van der Waals surface area contributed by atoms with Crippen molar-refractivity contribution in [1.82, 2.24) is 15.1 Å². The van der Waals surface area contributed by atoms with Crippen LogP contribution < -0.4 is 10.6 Å². The number of benzene rings is 1. The highest BCUT2D eigenvalue weighted by atomic mass is 32.2. The highest BCUT2D eigenvalue weighted by Gasteiger charge is 2.44. The molecule has 3 fully saturated rings. The second kappa shape index (κ2) is 7.89. The van der Waals surface area contributed by atoms with Gasteiger partial charge in [0.2, 0.25) is 5.91 Å². The minimum atomic E-state index is -0.383. The van der Waals surface area contributed by atoms with Crippen molar-refractivity contribution in [3.8, 4) is 0 Å². The molecule has 0 aliphatic carbocycles. The van der Waals surface area contributed by atoms with Gasteiger partial charge in [-0.2, -0.15) is 0 Å². The number of hydrogen-bond acceptors (Lipinski definition) is 4. The second-order valence-electron chi connectivity index (χ2n) is 8.54. The zero-order valence-electron chi connectivity index (χ0n) is 17.0. The zero-order valence-corrected chi connectivity index (χ0v) is 17.8. The van der Waals surface area contributed by atoms with E-state index < -0.39 is 0 Å². The van der Waals surface area contributed by atoms with Gasteiger partial charge in [0.25, 0.3) is 5.24 Å². The van der Waals surface area contributed by atoms with Crippen molar-refractivity contribution >= 4 is 34.6 Å². The Kier molecular flexibility index (Phi) is 5.46. The van der Waals surface area contributed by atoms with Crippen molar-refractivity contribution in [2.24, 2.45) is 5.41 Å². The van der Waals surface area contributed by atoms with Gasteiger partial charge in [-0.05, 0) is 50.2 Å². The van der Waals surface area contributed by atoms with E-state index in [1.165, 1.54) is 17.3 Å². The number of hydrogen-bond donors (Lipinski definition) is 2. The van der Waals surface area contributed by atoms with Crippen molar-refractivity contribution in [3.63, 3.8) is 0 Å². The summed E-state index contributed by atoms with van der Waals surface area (Å²) in [5, 5.41) is 5.67. The molecule has 4 rings (SSSR count). The topological polar surface area (TPSA) is 81.8 Å². The molecule has 1 atom stereocenters. The summed E-state index contributed by atoms with van der Waals surface area (Å²) in [7, 11) is 0. The molecule has 29 heavy (non-hydrogen) atoms. The molecule has 0 aromatic heterocycles. The average Bonchev–Trinajstić information content (AvgIpc) is 3.31. The average molecular weight is 417 g/mol. The number of carbonyl (C=O) groups is 3. The van der Waals surface area contributed by atoms with Gasteiger partial charge >= 0.3 is 6.03 Å². The Labute approximate surface area is 175 Å². The molecule has 3 saturated heterocycles. The minimum Gasteiger partial charge on any atom is -0.340 e. The Morgan fingerprint density at radius 2 is 1.83 bits per heavy atom. The van der Waals surface area contributed by atoms with Crippen molar-refractivity contribution < 1.29 is 14.4 Å². The van der Waals surface area contributed by atoms with Crippen LogP contribution in [0.25, 0.3) is 0 Å². The monoisotopic (exact) mass is 416 g/mol. The molecule has 3 aliphatic rings. The first-order valence-electron chi connectivity index (χ1n) is 10.2. The van der Waals surface area contributed by atoms with Crippen molar-refractivity contribution in [2.75, 3.05) is 37.2 Å². The fraction of sp³-hybridized carbons (Fsp3) is 0.571. The van der Waals surface area contributed by atoms with Crippen molar-refractivity contribution in [2.45, 2.75) is 39.2 Å². The van der Waals surface area contributed by atoms with Gasteiger partial charge in [-0.25, -0.2) is 4.79 Å². The Bertz CT molecular complexity index is 835. The van der Waals surface area contributed by atoms with Crippen LogP contribution >= 0.6 is 11.8 Å². The number of amides is 4. The van der Waals surface area contributed by atoms with E-state index in [0.717, 1.165) is 43.6 Å². The summed E-state index contributed by atoms with van der Waals surface area (Å²) in [6.07, 6.45) is 2.78. The first-order chi connectivity index (χ1) is 13.8. The van der Waals surface area contributed by atoms with Crippen LogP contribution in [0.3, 0.4) is 0 Å². The van der Waals surface area contributed by atoms with Gasteiger partial charge in [0, 0.05) is 37.6 Å². The van der Waals surface area contributed by atoms with Crippen LogP contribution in [0.5, 0.6) is 0 Å². The van der Waals surface area contributed by atoms with Crippen LogP contribution in [-0.4, -0.2) is 65.0 Å². The van der Waals surface area contributed by atoms with Crippen molar-refractivity contribution in [1.29, 1.82) is 0 Å². The maximum atomic E-state index is 12.7. The molecule has 3 aliphatic heterocycles. The lowest BCUT2D eigenvalue weighted by Crippen LogP contribution is -2.48. The number of piperidine rings is 1. The standard InChI is InChI=1S/C21H28N4O3S/c1-14-3-4-16(15(2)11-14)22-19(27)24-8-5-21(6-9-24)7-10-25(13-21)18(26)17-12-29-20(28)23-17/h3-4,11,17H,5-10,12-13H2,1-2H3,(H,22,27)(H,23,28). The van der Waals surface area contributed by atoms with Crippen LogP contribution in [0.1, 0.15) is 30.4 Å². The number of carbonyl (C=O) groups excluding carboxylic acids is 3. The van der Waals surface area contributed by atoms with E-state index in [2.05, 4.69) is 16.7 Å². The highest BCUT2D eigenvalue weighted by molar-refractivity contribution is 8.14. The van der Waals surface area contributed by atoms with Crippen LogP contribution in [0.15, 0.2) is 18.2 Å². The highest BCUT2D eigenvalue weighted by Crippen LogP contribution is 2.41. The molecule has 8 heteroatoms. The molecule has 0 bridgehead atoms. The molecule has 0 saturated carbocycles. The van der Waals surface area contributed by atoms with Gasteiger partial charge < -0.3 is 20.4 Å². The molecule has 1 unspecified atom stereocenters. The second-order valence-corrected chi connectivity index (χ2v) is 9.53. The van der Waals surface area contributed by atoms with Gasteiger partial charge in [-0.3, -0.25) is 9.59 Å². The largest absolute Gasteiger partial charge is 0.340 e. The lowest BCUT2D eigenvalue weighted by molar-refractivity contribution is -0.132. The number of aryl methyl sites for hydroxylation is 2. The number of likely N-dealkylation sites (tertiary alicyclic amines) is 2. The van der Waals surface area contributed by atoms with Crippen LogP contribution in [0, 0.1) is 19.3 Å². The summed E-state index contributed by atoms with van der Waals surface area (Å²) >= 11 is 1.18. The van der Waals surface area contributed by atoms with Gasteiger partial charge in [0.05, 0.1) is 0 Å². The first kappa shape index (κ1) is 20.1. The van der Waals surface area contributed by atoms with Crippen LogP contribution in [0.2, 0.25) is 0 Å². The minimum absolute atomic E-state index is 0.0373. The van der Waals surface area contributed by atoms with Gasteiger partial charge in [-0.1, -0.05) is 29.5 Å². The molecule has 3 heterocycles. The summed E-state index contributed by atoms with van der Waals surface area (Å²) in [5.41, 5.74) is 3.20. The molecular weight excluding hydrogens is 388 g/mol. The number of nitrogens with zero attached hydrogens (tertiary/aromatic N) is 2. The van der Waals surface area contributed by atoms with E-state index >= 15 is 0 Å². The van der Waals surface area contributed by atoms with E-state index in [4.69, 9.17) is 0 Å². The molecule has 156 valence electrons. The summed E-state index contributed by atoms with van der Waals surface area (Å²) in [4.78, 5) is 40.5. The molecule has 0 radical (unpaired) electrons. The Morgan fingerprint density at radius 1 is 1.14 bits per heavy atom. The molecule has 1 aromatic rings. The van der Waals surface area contributed by atoms with Crippen molar-refractivity contribution in [3.05, 3.63) is 29.3 Å². The van der Waals surface area contributed by atoms with Gasteiger partial charge in [0.15, 0.2) is 0 Å². The smallest absolute Gasteiger partial charge is 0.321 e. The number of rotatable bonds is 2. The van der Waals surface area contributed by atoms with E-state index in [1.807, 2.05) is 35.8 Å². The van der Waals surface area contributed by atoms with E-state index in [0.29, 0.717) is 18.8 Å². The molecule has 4 amide bonds. The third-order valence-corrected chi connectivity index (χ3v) is 7.34. The number of thioether (sulfide) groups is 1. The van der Waals surface area contributed by atoms with E-state index in [9.17, 15) is 14.4 Å². The summed E-state index contributed by atoms with van der Waals surface area (Å²) in [5.74, 6) is 0.559. The Hall–Kier alpha value is -2.22. The van der Waals surface area contributed by atoms with E-state index in [-0.39, 0.29) is 28.6 Å². The quantitative estimate of drug-likeness (QED) is 0.777. The summed E-state index contributed by atoms with van der Waals surface area (Å²) in [6.45, 7) is 6.92. The van der Waals surface area contributed by atoms with Crippen LogP contribution in [0.4, 0.5) is 15.3 Å². The SMILES string of the molecule is Cc1ccc(NC(=O)N2CCC3(CC2)CCN(C(=O)C2CSC(=O)N2)C3)c(C)c1. The Morgan fingerprint density at radius 3 is 2.45 bits per heavy atom. The van der Waals surface area contributed by atoms with Gasteiger partial charge in [0.1, 0.15) is 6.04 Å². The maximum absolute atomic E-state index is 12.7. The van der Waals surface area contributed by atoms with Gasteiger partial charge in [-0.15, -0.1) is 0 Å². The lowest BCUT2D eigenvalue weighted by Gasteiger charge is -2.39. The summed E-state index contributed by atoms with van der Waals surface area (Å²) < 4.78 is 0. The summed E-state index contributed by atoms with van der Waals surface area (Å²) in [6, 6.07) is 5.59. The first-order valence-corrected chi connectivity index (χ1v) is 11.2. The van der Waals surface area contributed by atoms with E-state index in [1.54, 1.807) is 0 Å². The number of anilines is 1.